The second-order valence-electron chi connectivity index (χ2n) is 7.12. The average Bonchev–Trinajstić information content (AvgIpc) is 3.20. The summed E-state index contributed by atoms with van der Waals surface area (Å²) in [5.41, 5.74) is 2.11. The van der Waals surface area contributed by atoms with Gasteiger partial charge in [-0.2, -0.15) is 9.61 Å². The van der Waals surface area contributed by atoms with Crippen molar-refractivity contribution >= 4 is 22.6 Å². The van der Waals surface area contributed by atoms with Crippen LogP contribution in [0.1, 0.15) is 67.4 Å². The molecule has 26 heavy (non-hydrogen) atoms. The number of hydrogen-bond acceptors (Lipinski definition) is 5. The number of aldehydes is 1. The molecule has 6 heteroatoms. The molecule has 0 radical (unpaired) electrons. The predicted octanol–water partition coefficient (Wildman–Crippen LogP) is 5.11. The molecule has 0 unspecified atom stereocenters. The lowest BCUT2D eigenvalue weighted by Crippen LogP contribution is -2.05. The van der Waals surface area contributed by atoms with Crippen LogP contribution in [0.5, 0.6) is 5.75 Å². The highest BCUT2D eigenvalue weighted by molar-refractivity contribution is 7.16. The first kappa shape index (κ1) is 17.2. The summed E-state index contributed by atoms with van der Waals surface area (Å²) in [7, 11) is 0. The lowest BCUT2D eigenvalue weighted by Gasteiger charge is -2.18. The van der Waals surface area contributed by atoms with Crippen molar-refractivity contribution in [2.24, 2.45) is 0 Å². The van der Waals surface area contributed by atoms with Crippen LogP contribution in [0.2, 0.25) is 0 Å². The Balaban J connectivity index is 1.67. The van der Waals surface area contributed by atoms with Gasteiger partial charge in [0.15, 0.2) is 6.29 Å². The van der Waals surface area contributed by atoms with E-state index in [0.29, 0.717) is 17.3 Å². The normalized spacial score (nSPS) is 15.7. The molecule has 1 saturated carbocycles. The van der Waals surface area contributed by atoms with Gasteiger partial charge in [-0.15, -0.1) is 0 Å². The SMILES string of the molecule is CC(C)Oc1ccc(-c2nc3sc(C4CCCCC4)nn3c2C=O)cc1. The van der Waals surface area contributed by atoms with Crippen LogP contribution in [-0.4, -0.2) is 27.0 Å². The minimum atomic E-state index is 0.131. The summed E-state index contributed by atoms with van der Waals surface area (Å²) in [6.45, 7) is 3.99. The van der Waals surface area contributed by atoms with E-state index in [2.05, 4.69) is 0 Å². The summed E-state index contributed by atoms with van der Waals surface area (Å²) >= 11 is 1.62. The second kappa shape index (κ2) is 7.19. The highest BCUT2D eigenvalue weighted by atomic mass is 32.1. The largest absolute Gasteiger partial charge is 0.491 e. The number of ether oxygens (including phenoxy) is 1. The number of imidazole rings is 1. The molecule has 0 saturated heterocycles. The monoisotopic (exact) mass is 369 g/mol. The first-order chi connectivity index (χ1) is 12.7. The molecule has 0 N–H and O–H groups in total. The van der Waals surface area contributed by atoms with E-state index >= 15 is 0 Å². The van der Waals surface area contributed by atoms with Crippen molar-refractivity contribution in [3.05, 3.63) is 35.0 Å². The van der Waals surface area contributed by atoms with E-state index in [1.54, 1.807) is 15.9 Å². The van der Waals surface area contributed by atoms with Gasteiger partial charge in [0.25, 0.3) is 0 Å². The fraction of sp³-hybridized carbons (Fsp3) is 0.450. The van der Waals surface area contributed by atoms with Gasteiger partial charge >= 0.3 is 0 Å². The zero-order valence-corrected chi connectivity index (χ0v) is 16.0. The summed E-state index contributed by atoms with van der Waals surface area (Å²) < 4.78 is 7.40. The van der Waals surface area contributed by atoms with Crippen LogP contribution >= 0.6 is 11.3 Å². The molecule has 0 bridgehead atoms. The van der Waals surface area contributed by atoms with E-state index in [0.717, 1.165) is 27.6 Å². The molecule has 0 amide bonds. The van der Waals surface area contributed by atoms with Crippen LogP contribution in [-0.2, 0) is 0 Å². The van der Waals surface area contributed by atoms with Crippen LogP contribution in [0.15, 0.2) is 24.3 Å². The van der Waals surface area contributed by atoms with Crippen molar-refractivity contribution in [3.63, 3.8) is 0 Å². The molecule has 1 aliphatic carbocycles. The zero-order chi connectivity index (χ0) is 18.1. The van der Waals surface area contributed by atoms with Crippen LogP contribution in [0, 0.1) is 0 Å². The quantitative estimate of drug-likeness (QED) is 0.587. The summed E-state index contributed by atoms with van der Waals surface area (Å²) in [6, 6.07) is 7.72. The Morgan fingerprint density at radius 2 is 1.92 bits per heavy atom. The number of aromatic nitrogens is 3. The van der Waals surface area contributed by atoms with Crippen molar-refractivity contribution < 1.29 is 9.53 Å². The first-order valence-corrected chi connectivity index (χ1v) is 10.1. The minimum Gasteiger partial charge on any atom is -0.491 e. The Hall–Kier alpha value is -2.21. The van der Waals surface area contributed by atoms with Crippen LogP contribution in [0.4, 0.5) is 0 Å². The smallest absolute Gasteiger partial charge is 0.213 e. The van der Waals surface area contributed by atoms with E-state index in [-0.39, 0.29) is 6.10 Å². The van der Waals surface area contributed by atoms with Gasteiger partial charge in [-0.3, -0.25) is 4.79 Å². The molecule has 2 heterocycles. The summed E-state index contributed by atoms with van der Waals surface area (Å²) in [6.07, 6.45) is 7.23. The van der Waals surface area contributed by atoms with Gasteiger partial charge in [-0.05, 0) is 51.0 Å². The molecule has 3 aromatic rings. The molecule has 0 spiro atoms. The zero-order valence-electron chi connectivity index (χ0n) is 15.1. The van der Waals surface area contributed by atoms with Crippen molar-refractivity contribution in [1.82, 2.24) is 14.6 Å². The summed E-state index contributed by atoms with van der Waals surface area (Å²) in [4.78, 5) is 17.3. The van der Waals surface area contributed by atoms with Gasteiger partial charge in [-0.25, -0.2) is 4.98 Å². The molecule has 4 rings (SSSR count). The topological polar surface area (TPSA) is 56.5 Å². The van der Waals surface area contributed by atoms with Gasteiger partial charge in [-0.1, -0.05) is 30.6 Å². The molecular weight excluding hydrogens is 346 g/mol. The number of benzene rings is 1. The second-order valence-corrected chi connectivity index (χ2v) is 8.11. The third-order valence-electron chi connectivity index (χ3n) is 4.82. The van der Waals surface area contributed by atoms with E-state index < -0.39 is 0 Å². The van der Waals surface area contributed by atoms with Crippen LogP contribution in [0.3, 0.4) is 0 Å². The fourth-order valence-electron chi connectivity index (χ4n) is 3.58. The average molecular weight is 369 g/mol. The van der Waals surface area contributed by atoms with Gasteiger partial charge in [0.1, 0.15) is 22.1 Å². The lowest BCUT2D eigenvalue weighted by atomic mass is 9.90. The molecule has 1 aromatic carbocycles. The maximum absolute atomic E-state index is 11.8. The molecule has 2 aromatic heterocycles. The van der Waals surface area contributed by atoms with Crippen LogP contribution < -0.4 is 4.74 Å². The maximum Gasteiger partial charge on any atom is 0.213 e. The van der Waals surface area contributed by atoms with Crippen molar-refractivity contribution in [3.8, 4) is 17.0 Å². The standard InChI is InChI=1S/C20H23N3O2S/c1-13(2)25-16-10-8-14(9-11-16)18-17(12-24)23-20(21-18)26-19(22-23)15-6-4-3-5-7-15/h8-13,15H,3-7H2,1-2H3. The first-order valence-electron chi connectivity index (χ1n) is 9.27. The summed E-state index contributed by atoms with van der Waals surface area (Å²) in [5, 5.41) is 5.84. The molecule has 1 fully saturated rings. The van der Waals surface area contributed by atoms with E-state index in [1.165, 1.54) is 32.1 Å². The Kier molecular flexibility index (Phi) is 4.76. The van der Waals surface area contributed by atoms with Gasteiger partial charge in [0.2, 0.25) is 4.96 Å². The van der Waals surface area contributed by atoms with Crippen molar-refractivity contribution in [1.29, 1.82) is 0 Å². The minimum absolute atomic E-state index is 0.131. The number of fused-ring (bicyclic) bond motifs is 1. The predicted molar refractivity (Wildman–Crippen MR) is 103 cm³/mol. The third-order valence-corrected chi connectivity index (χ3v) is 5.89. The molecule has 136 valence electrons. The Morgan fingerprint density at radius 1 is 1.19 bits per heavy atom. The summed E-state index contributed by atoms with van der Waals surface area (Å²) in [5.74, 6) is 1.33. The molecule has 0 atom stereocenters. The van der Waals surface area contributed by atoms with E-state index in [1.807, 2.05) is 38.1 Å². The van der Waals surface area contributed by atoms with Crippen molar-refractivity contribution in [2.45, 2.75) is 58.0 Å². The number of hydrogen-bond donors (Lipinski definition) is 0. The Bertz CT molecular complexity index is 905. The highest BCUT2D eigenvalue weighted by Gasteiger charge is 2.23. The van der Waals surface area contributed by atoms with Gasteiger partial charge in [0, 0.05) is 11.5 Å². The highest BCUT2D eigenvalue weighted by Crippen LogP contribution is 2.36. The lowest BCUT2D eigenvalue weighted by molar-refractivity contribution is 0.111. The van der Waals surface area contributed by atoms with Crippen LogP contribution in [0.25, 0.3) is 16.2 Å². The Morgan fingerprint density at radius 3 is 2.58 bits per heavy atom. The van der Waals surface area contributed by atoms with Gasteiger partial charge in [0.05, 0.1) is 6.10 Å². The number of nitrogens with zero attached hydrogens (tertiary/aromatic N) is 3. The number of carbonyl (C=O) groups is 1. The third kappa shape index (κ3) is 3.26. The number of carbonyl (C=O) groups excluding carboxylic acids is 1. The molecule has 5 nitrogen and oxygen atoms in total. The Labute approximate surface area is 157 Å². The molecular formula is C20H23N3O2S. The van der Waals surface area contributed by atoms with Crippen molar-refractivity contribution in [2.75, 3.05) is 0 Å². The van der Waals surface area contributed by atoms with E-state index in [4.69, 9.17) is 14.8 Å². The molecule has 0 aliphatic heterocycles. The number of rotatable bonds is 5. The molecule has 1 aliphatic rings. The fourth-order valence-corrected chi connectivity index (χ4v) is 4.65. The van der Waals surface area contributed by atoms with E-state index in [9.17, 15) is 4.79 Å². The van der Waals surface area contributed by atoms with Gasteiger partial charge < -0.3 is 4.74 Å². The maximum atomic E-state index is 11.8.